The van der Waals surface area contributed by atoms with Crippen LogP contribution in [-0.4, -0.2) is 14.1 Å². The van der Waals surface area contributed by atoms with E-state index in [2.05, 4.69) is 253 Å². The monoisotopic (exact) mass is 1120 g/mol. The standard InChI is InChI=1S/C66H57N4O.Pt/c1-64(2,3)43-33-34-67-61(38-43)70-58-29-15-14-25-54(58)55-32-31-48(40-60(55)70)71-47-20-16-19-46(39-47)68-41-69-62-49(42-35-44(65(4,5)6)37-45(36-42)66(7,8)9)26-17-27-56(62)52-23-12-10-21-50(52)51-22-11-13-24-53(51)57-28-18-30-59(68)63(57)69;/h10-38,41H,1-9H3;/q-3;. The van der Waals surface area contributed by atoms with Gasteiger partial charge in [-0.15, -0.1) is 35.7 Å². The first-order valence-corrected chi connectivity index (χ1v) is 24.8. The second kappa shape index (κ2) is 17.5. The maximum atomic E-state index is 6.78. The van der Waals surface area contributed by atoms with Crippen LogP contribution in [0.5, 0.6) is 11.5 Å². The van der Waals surface area contributed by atoms with Gasteiger partial charge in [-0.2, -0.15) is 12.1 Å². The Hall–Kier alpha value is -7.33. The van der Waals surface area contributed by atoms with E-state index in [0.29, 0.717) is 11.5 Å². The summed E-state index contributed by atoms with van der Waals surface area (Å²) in [6.07, 6.45) is 1.91. The van der Waals surface area contributed by atoms with E-state index in [0.717, 1.165) is 60.8 Å². The smallest absolute Gasteiger partial charge is 0.135 e. The van der Waals surface area contributed by atoms with E-state index in [1.807, 2.05) is 18.3 Å². The number of aromatic nitrogens is 3. The van der Waals surface area contributed by atoms with Crippen molar-refractivity contribution in [2.75, 3.05) is 4.90 Å². The van der Waals surface area contributed by atoms with Gasteiger partial charge in [0.05, 0.1) is 0 Å². The van der Waals surface area contributed by atoms with E-state index in [4.69, 9.17) is 9.72 Å². The Kier molecular flexibility index (Phi) is 11.4. The molecule has 0 saturated carbocycles. The third-order valence-electron chi connectivity index (χ3n) is 14.4. The molecule has 0 saturated heterocycles. The molecular formula is C66H57N4OPt-3. The van der Waals surface area contributed by atoms with Crippen LogP contribution in [0, 0.1) is 18.8 Å². The summed E-state index contributed by atoms with van der Waals surface area (Å²) in [6.45, 7) is 22.8. The molecule has 0 aliphatic carbocycles. The van der Waals surface area contributed by atoms with Crippen LogP contribution in [0.2, 0.25) is 0 Å². The van der Waals surface area contributed by atoms with Gasteiger partial charge in [0.15, 0.2) is 0 Å². The third-order valence-corrected chi connectivity index (χ3v) is 14.4. The zero-order chi connectivity index (χ0) is 49.0. The second-order valence-electron chi connectivity index (χ2n) is 22.2. The van der Waals surface area contributed by atoms with Gasteiger partial charge in [-0.3, -0.25) is 0 Å². The Morgan fingerprint density at radius 1 is 0.472 bits per heavy atom. The predicted molar refractivity (Wildman–Crippen MR) is 298 cm³/mol. The molecule has 1 aliphatic heterocycles. The molecule has 0 fully saturated rings. The van der Waals surface area contributed by atoms with E-state index in [1.165, 1.54) is 49.4 Å². The van der Waals surface area contributed by atoms with E-state index in [1.54, 1.807) is 0 Å². The van der Waals surface area contributed by atoms with Crippen molar-refractivity contribution >= 4 is 76.5 Å². The van der Waals surface area contributed by atoms with Crippen LogP contribution in [0.15, 0.2) is 176 Å². The van der Waals surface area contributed by atoms with Crippen molar-refractivity contribution in [2.45, 2.75) is 78.6 Å². The van der Waals surface area contributed by atoms with Crippen molar-refractivity contribution in [1.82, 2.24) is 14.1 Å². The van der Waals surface area contributed by atoms with Crippen LogP contribution in [0.25, 0.3) is 82.1 Å². The van der Waals surface area contributed by atoms with Gasteiger partial charge in [-0.05, 0) is 124 Å². The van der Waals surface area contributed by atoms with Gasteiger partial charge in [0.2, 0.25) is 0 Å². The normalized spacial score (nSPS) is 12.8. The molecule has 1 aliphatic rings. The summed E-state index contributed by atoms with van der Waals surface area (Å²) in [4.78, 5) is 7.17. The molecule has 6 heteroatoms. The first kappa shape index (κ1) is 47.0. The third kappa shape index (κ3) is 7.99. The summed E-state index contributed by atoms with van der Waals surface area (Å²) in [7, 11) is 0. The summed E-state index contributed by atoms with van der Waals surface area (Å²) in [5.74, 6) is 2.04. The average molecular weight is 1120 g/mol. The van der Waals surface area contributed by atoms with E-state index >= 15 is 0 Å². The molecule has 3 aromatic heterocycles. The topological polar surface area (TPSA) is 35.2 Å². The van der Waals surface area contributed by atoms with Crippen LogP contribution < -0.4 is 9.64 Å². The number of ether oxygens (including phenoxy) is 1. The quantitative estimate of drug-likeness (QED) is 0.161. The minimum absolute atomic E-state index is 0. The van der Waals surface area contributed by atoms with Gasteiger partial charge in [-0.25, -0.2) is 4.98 Å². The zero-order valence-corrected chi connectivity index (χ0v) is 44.6. The van der Waals surface area contributed by atoms with Crippen molar-refractivity contribution in [3.05, 3.63) is 212 Å². The van der Waals surface area contributed by atoms with Gasteiger partial charge >= 0.3 is 0 Å². The minimum Gasteiger partial charge on any atom is -0.509 e. The fraction of sp³-hybridized carbons (Fsp3) is 0.182. The molecule has 11 aromatic rings. The van der Waals surface area contributed by atoms with E-state index in [9.17, 15) is 0 Å². The molecular weight excluding hydrogens is 1060 g/mol. The summed E-state index contributed by atoms with van der Waals surface area (Å²) in [6, 6.07) is 69.0. The number of fused-ring (bicyclic) bond motifs is 10. The SMILES string of the molecule is CC(C)(C)c1cc(-c2cccc3c4ccccc4c4ccccc4c4cccc5c4n(c23)[CH-]N5c2[c-]c(Oc3[c-]c4c(cc3)c3ccccc3n4-c3cc(C(C)(C)C)ccn3)ccc2)cc(C(C)(C)C)c1.[Pt]. The summed E-state index contributed by atoms with van der Waals surface area (Å²) in [5.41, 5.74) is 12.2. The maximum Gasteiger partial charge on any atom is 0.135 e. The molecule has 8 aromatic carbocycles. The predicted octanol–water partition coefficient (Wildman–Crippen LogP) is 17.8. The van der Waals surface area contributed by atoms with Crippen LogP contribution in [0.3, 0.4) is 0 Å². The number of nitrogens with zero attached hydrogens (tertiary/aromatic N) is 4. The molecule has 0 unspecified atom stereocenters. The Morgan fingerprint density at radius 2 is 1.03 bits per heavy atom. The minimum atomic E-state index is -0.0542. The van der Waals surface area contributed by atoms with Crippen LogP contribution in [0.4, 0.5) is 11.4 Å². The fourth-order valence-electron chi connectivity index (χ4n) is 10.5. The van der Waals surface area contributed by atoms with E-state index in [-0.39, 0.29) is 37.3 Å². The molecule has 12 rings (SSSR count). The van der Waals surface area contributed by atoms with Crippen LogP contribution in [0.1, 0.15) is 79.0 Å². The van der Waals surface area contributed by atoms with Gasteiger partial charge in [-0.1, -0.05) is 189 Å². The Labute approximate surface area is 437 Å². The first-order chi connectivity index (χ1) is 34.1. The maximum absolute atomic E-state index is 6.78. The first-order valence-electron chi connectivity index (χ1n) is 24.8. The summed E-state index contributed by atoms with van der Waals surface area (Å²) >= 11 is 0. The van der Waals surface area contributed by atoms with Crippen molar-refractivity contribution in [1.29, 1.82) is 0 Å². The van der Waals surface area contributed by atoms with Crippen molar-refractivity contribution in [3.63, 3.8) is 0 Å². The van der Waals surface area contributed by atoms with Crippen LogP contribution >= 0.6 is 0 Å². The number of para-hydroxylation sites is 3. The molecule has 0 amide bonds. The fourth-order valence-corrected chi connectivity index (χ4v) is 10.5. The molecule has 0 bridgehead atoms. The molecule has 0 atom stereocenters. The summed E-state index contributed by atoms with van der Waals surface area (Å²) in [5, 5.41) is 9.32. The Bertz CT molecular complexity index is 3990. The largest absolute Gasteiger partial charge is 0.509 e. The van der Waals surface area contributed by atoms with Gasteiger partial charge in [0.25, 0.3) is 0 Å². The molecule has 0 spiro atoms. The molecule has 360 valence electrons. The Morgan fingerprint density at radius 3 is 1.68 bits per heavy atom. The molecule has 0 radical (unpaired) electrons. The number of benzene rings is 8. The molecule has 4 heterocycles. The average Bonchev–Trinajstić information content (AvgIpc) is 3.92. The van der Waals surface area contributed by atoms with Crippen molar-refractivity contribution < 1.29 is 25.8 Å². The van der Waals surface area contributed by atoms with Crippen molar-refractivity contribution in [2.24, 2.45) is 0 Å². The number of pyridine rings is 1. The number of rotatable bonds is 5. The Balaban J connectivity index is 0.00000560. The zero-order valence-electron chi connectivity index (χ0n) is 42.3. The second-order valence-corrected chi connectivity index (χ2v) is 22.2. The molecule has 72 heavy (non-hydrogen) atoms. The van der Waals surface area contributed by atoms with Crippen molar-refractivity contribution in [3.8, 4) is 28.4 Å². The van der Waals surface area contributed by atoms with Crippen LogP contribution in [-0.2, 0) is 37.3 Å². The van der Waals surface area contributed by atoms with Gasteiger partial charge in [0, 0.05) is 50.0 Å². The van der Waals surface area contributed by atoms with Gasteiger partial charge < -0.3 is 18.8 Å². The number of anilines is 2. The molecule has 5 nitrogen and oxygen atoms in total. The van der Waals surface area contributed by atoms with E-state index < -0.39 is 0 Å². The van der Waals surface area contributed by atoms with Gasteiger partial charge in [0.1, 0.15) is 5.82 Å². The molecule has 0 N–H and O–H groups in total. The summed E-state index contributed by atoms with van der Waals surface area (Å²) < 4.78 is 11.4. The number of hydrogen-bond donors (Lipinski definition) is 0. The number of hydrogen-bond acceptors (Lipinski definition) is 3.